The molecule has 132 valence electrons. The third-order valence-electron chi connectivity index (χ3n) is 4.02. The maximum atomic E-state index is 12.3. The number of benzene rings is 1. The van der Waals surface area contributed by atoms with Crippen molar-refractivity contribution in [2.24, 2.45) is 0 Å². The Labute approximate surface area is 152 Å². The standard InChI is InChI=1S/C18H21ClN4O2/c1-12-9-13(2)22-17(21-12)25-16-7-8-23(11-16)18(24)20-10-14-3-5-15(19)6-4-14/h3-6,9,16H,7-8,10-11H2,1-2H3,(H,20,24). The summed E-state index contributed by atoms with van der Waals surface area (Å²) in [4.78, 5) is 22.6. The SMILES string of the molecule is Cc1cc(C)nc(OC2CCN(C(=O)NCc3ccc(Cl)cc3)C2)n1. The molecule has 1 aliphatic heterocycles. The van der Waals surface area contributed by atoms with E-state index in [1.807, 2.05) is 44.2 Å². The fraction of sp³-hybridized carbons (Fsp3) is 0.389. The van der Waals surface area contributed by atoms with Gasteiger partial charge in [0.25, 0.3) is 0 Å². The molecule has 6 nitrogen and oxygen atoms in total. The van der Waals surface area contributed by atoms with Gasteiger partial charge < -0.3 is 15.0 Å². The van der Waals surface area contributed by atoms with Gasteiger partial charge in [0.05, 0.1) is 6.54 Å². The number of amides is 2. The van der Waals surface area contributed by atoms with E-state index in [1.54, 1.807) is 4.90 Å². The quantitative estimate of drug-likeness (QED) is 0.909. The Morgan fingerprint density at radius 2 is 1.96 bits per heavy atom. The molecular weight excluding hydrogens is 340 g/mol. The number of nitrogens with one attached hydrogen (secondary N) is 1. The van der Waals surface area contributed by atoms with Crippen LogP contribution < -0.4 is 10.1 Å². The van der Waals surface area contributed by atoms with E-state index in [2.05, 4.69) is 15.3 Å². The number of halogens is 1. The van der Waals surface area contributed by atoms with E-state index >= 15 is 0 Å². The Morgan fingerprint density at radius 3 is 2.64 bits per heavy atom. The number of aromatic nitrogens is 2. The molecule has 1 fully saturated rings. The molecule has 2 aromatic rings. The number of aryl methyl sites for hydroxylation is 2. The first-order valence-electron chi connectivity index (χ1n) is 8.26. The average Bonchev–Trinajstić information content (AvgIpc) is 3.01. The molecule has 7 heteroatoms. The van der Waals surface area contributed by atoms with Gasteiger partial charge in [-0.2, -0.15) is 0 Å². The van der Waals surface area contributed by atoms with E-state index in [1.165, 1.54) is 0 Å². The first-order valence-corrected chi connectivity index (χ1v) is 8.63. The van der Waals surface area contributed by atoms with Crippen LogP contribution in [-0.2, 0) is 6.54 Å². The molecule has 0 saturated carbocycles. The fourth-order valence-corrected chi connectivity index (χ4v) is 2.92. The van der Waals surface area contributed by atoms with Gasteiger partial charge in [0.2, 0.25) is 0 Å². The number of hydrogen-bond acceptors (Lipinski definition) is 4. The Kier molecular flexibility index (Phi) is 5.38. The van der Waals surface area contributed by atoms with Crippen LogP contribution in [0.1, 0.15) is 23.4 Å². The van der Waals surface area contributed by atoms with Gasteiger partial charge in [-0.3, -0.25) is 0 Å². The van der Waals surface area contributed by atoms with E-state index in [4.69, 9.17) is 16.3 Å². The normalized spacial score (nSPS) is 16.8. The summed E-state index contributed by atoms with van der Waals surface area (Å²) in [5.74, 6) is 0. The van der Waals surface area contributed by atoms with Gasteiger partial charge in [0.1, 0.15) is 6.10 Å². The number of ether oxygens (including phenoxy) is 1. The molecule has 1 aromatic carbocycles. The number of likely N-dealkylation sites (tertiary alicyclic amines) is 1. The monoisotopic (exact) mass is 360 g/mol. The number of hydrogen-bond donors (Lipinski definition) is 1. The van der Waals surface area contributed by atoms with Gasteiger partial charge in [-0.05, 0) is 37.6 Å². The molecule has 2 heterocycles. The number of rotatable bonds is 4. The lowest BCUT2D eigenvalue weighted by Crippen LogP contribution is -2.39. The molecule has 1 saturated heterocycles. The van der Waals surface area contributed by atoms with Crippen molar-refractivity contribution in [1.82, 2.24) is 20.2 Å². The number of carbonyl (C=O) groups excluding carboxylic acids is 1. The molecule has 1 aromatic heterocycles. The molecule has 0 spiro atoms. The van der Waals surface area contributed by atoms with Crippen LogP contribution in [0, 0.1) is 13.8 Å². The Balaban J connectivity index is 1.49. The van der Waals surface area contributed by atoms with Gasteiger partial charge in [-0.15, -0.1) is 0 Å². The Bertz CT molecular complexity index is 731. The molecule has 0 radical (unpaired) electrons. The van der Waals surface area contributed by atoms with Crippen LogP contribution in [0.4, 0.5) is 4.79 Å². The molecule has 0 bridgehead atoms. The van der Waals surface area contributed by atoms with Crippen LogP contribution >= 0.6 is 11.6 Å². The minimum absolute atomic E-state index is 0.0810. The summed E-state index contributed by atoms with van der Waals surface area (Å²) in [5.41, 5.74) is 2.75. The van der Waals surface area contributed by atoms with Crippen molar-refractivity contribution in [3.05, 3.63) is 52.3 Å². The number of carbonyl (C=O) groups is 1. The summed E-state index contributed by atoms with van der Waals surface area (Å²) in [5, 5.41) is 3.60. The zero-order chi connectivity index (χ0) is 17.8. The second-order valence-electron chi connectivity index (χ2n) is 6.19. The van der Waals surface area contributed by atoms with E-state index in [0.717, 1.165) is 23.4 Å². The van der Waals surface area contributed by atoms with Gasteiger partial charge in [0.15, 0.2) is 0 Å². The minimum atomic E-state index is -0.0950. The highest BCUT2D eigenvalue weighted by molar-refractivity contribution is 6.30. The molecule has 3 rings (SSSR count). The highest BCUT2D eigenvalue weighted by atomic mass is 35.5. The lowest BCUT2D eigenvalue weighted by molar-refractivity contribution is 0.177. The zero-order valence-corrected chi connectivity index (χ0v) is 15.1. The molecule has 1 aliphatic rings. The largest absolute Gasteiger partial charge is 0.458 e. The van der Waals surface area contributed by atoms with Crippen molar-refractivity contribution < 1.29 is 9.53 Å². The highest BCUT2D eigenvalue weighted by Gasteiger charge is 2.28. The fourth-order valence-electron chi connectivity index (χ4n) is 2.80. The summed E-state index contributed by atoms with van der Waals surface area (Å²) in [6.07, 6.45) is 0.688. The van der Waals surface area contributed by atoms with E-state index in [-0.39, 0.29) is 12.1 Å². The molecular formula is C18H21ClN4O2. The second kappa shape index (κ2) is 7.70. The van der Waals surface area contributed by atoms with Gasteiger partial charge >= 0.3 is 12.0 Å². The lowest BCUT2D eigenvalue weighted by atomic mass is 10.2. The van der Waals surface area contributed by atoms with Gasteiger partial charge in [-0.1, -0.05) is 23.7 Å². The lowest BCUT2D eigenvalue weighted by Gasteiger charge is -2.17. The predicted molar refractivity (Wildman–Crippen MR) is 95.8 cm³/mol. The molecule has 1 atom stereocenters. The van der Waals surface area contributed by atoms with E-state index in [9.17, 15) is 4.79 Å². The molecule has 0 aliphatic carbocycles. The highest BCUT2D eigenvalue weighted by Crippen LogP contribution is 2.16. The van der Waals surface area contributed by atoms with Crippen molar-refractivity contribution >= 4 is 17.6 Å². The molecule has 25 heavy (non-hydrogen) atoms. The Morgan fingerprint density at radius 1 is 1.28 bits per heavy atom. The van der Waals surface area contributed by atoms with Crippen LogP contribution in [0.25, 0.3) is 0 Å². The van der Waals surface area contributed by atoms with Crippen molar-refractivity contribution in [3.8, 4) is 6.01 Å². The third kappa shape index (κ3) is 4.82. The van der Waals surface area contributed by atoms with Crippen LogP contribution in [0.3, 0.4) is 0 Å². The summed E-state index contributed by atoms with van der Waals surface area (Å²) in [6, 6.07) is 9.61. The summed E-state index contributed by atoms with van der Waals surface area (Å²) in [6.45, 7) is 5.47. The summed E-state index contributed by atoms with van der Waals surface area (Å²) < 4.78 is 5.83. The van der Waals surface area contributed by atoms with Crippen LogP contribution in [-0.4, -0.2) is 40.1 Å². The first kappa shape index (κ1) is 17.5. The predicted octanol–water partition coefficient (Wildman–Crippen LogP) is 3.11. The smallest absolute Gasteiger partial charge is 0.317 e. The van der Waals surface area contributed by atoms with E-state index in [0.29, 0.717) is 30.7 Å². The van der Waals surface area contributed by atoms with Crippen molar-refractivity contribution in [2.75, 3.05) is 13.1 Å². The van der Waals surface area contributed by atoms with Crippen molar-refractivity contribution in [1.29, 1.82) is 0 Å². The zero-order valence-electron chi connectivity index (χ0n) is 14.3. The minimum Gasteiger partial charge on any atom is -0.458 e. The summed E-state index contributed by atoms with van der Waals surface area (Å²) >= 11 is 5.86. The first-order chi connectivity index (χ1) is 12.0. The molecule has 1 unspecified atom stereocenters. The third-order valence-corrected chi connectivity index (χ3v) is 4.28. The topological polar surface area (TPSA) is 67.3 Å². The van der Waals surface area contributed by atoms with Crippen LogP contribution in [0.15, 0.2) is 30.3 Å². The average molecular weight is 361 g/mol. The van der Waals surface area contributed by atoms with Crippen LogP contribution in [0.2, 0.25) is 5.02 Å². The molecule has 1 N–H and O–H groups in total. The Hall–Kier alpha value is -2.34. The van der Waals surface area contributed by atoms with Gasteiger partial charge in [0, 0.05) is 35.9 Å². The number of nitrogens with zero attached hydrogens (tertiary/aromatic N) is 3. The number of urea groups is 1. The van der Waals surface area contributed by atoms with Crippen LogP contribution in [0.5, 0.6) is 6.01 Å². The van der Waals surface area contributed by atoms with Crippen molar-refractivity contribution in [2.45, 2.75) is 32.9 Å². The second-order valence-corrected chi connectivity index (χ2v) is 6.63. The maximum absolute atomic E-state index is 12.3. The van der Waals surface area contributed by atoms with Gasteiger partial charge in [-0.25, -0.2) is 14.8 Å². The maximum Gasteiger partial charge on any atom is 0.317 e. The molecule has 2 amide bonds. The van der Waals surface area contributed by atoms with E-state index < -0.39 is 0 Å². The summed E-state index contributed by atoms with van der Waals surface area (Å²) in [7, 11) is 0. The van der Waals surface area contributed by atoms with Crippen molar-refractivity contribution in [3.63, 3.8) is 0 Å².